The first-order valence-corrected chi connectivity index (χ1v) is 9.14. The number of anilines is 1. The molecule has 2 aromatic carbocycles. The highest BCUT2D eigenvalue weighted by Crippen LogP contribution is 2.29. The molecule has 0 aliphatic rings. The molecule has 2 amide bonds. The second-order valence-electron chi connectivity index (χ2n) is 6.55. The Hall–Kier alpha value is -3.55. The molecule has 29 heavy (non-hydrogen) atoms. The molecule has 1 N–H and O–H groups in total. The van der Waals surface area contributed by atoms with Gasteiger partial charge in [-0.1, -0.05) is 22.9 Å². The van der Waals surface area contributed by atoms with Crippen LogP contribution in [0.25, 0.3) is 11.5 Å². The van der Waals surface area contributed by atoms with Crippen molar-refractivity contribution in [3.63, 3.8) is 0 Å². The Morgan fingerprint density at radius 3 is 2.52 bits per heavy atom. The van der Waals surface area contributed by atoms with Crippen molar-refractivity contribution in [2.24, 2.45) is 0 Å². The molecule has 0 aliphatic heterocycles. The Morgan fingerprint density at radius 2 is 1.83 bits per heavy atom. The van der Waals surface area contributed by atoms with Crippen LogP contribution in [-0.2, 0) is 6.42 Å². The lowest BCUT2D eigenvalue weighted by Crippen LogP contribution is -2.33. The van der Waals surface area contributed by atoms with Gasteiger partial charge in [-0.3, -0.25) is 0 Å². The lowest BCUT2D eigenvalue weighted by molar-refractivity contribution is 0.222. The van der Waals surface area contributed by atoms with Crippen molar-refractivity contribution in [2.75, 3.05) is 33.1 Å². The molecule has 8 nitrogen and oxygen atoms in total. The third-order valence-electron chi connectivity index (χ3n) is 4.42. The zero-order valence-corrected chi connectivity index (χ0v) is 16.9. The minimum Gasteiger partial charge on any atom is -0.493 e. The molecule has 3 rings (SSSR count). The number of likely N-dealkylation sites (N-methyl/N-ethyl adjacent to an activating group) is 1. The van der Waals surface area contributed by atoms with E-state index in [1.165, 1.54) is 0 Å². The molecule has 0 unspecified atom stereocenters. The highest BCUT2D eigenvalue weighted by molar-refractivity contribution is 5.89. The fraction of sp³-hybridized carbons (Fsp3) is 0.286. The molecule has 0 saturated heterocycles. The van der Waals surface area contributed by atoms with Crippen LogP contribution >= 0.6 is 0 Å². The minimum absolute atomic E-state index is 0.250. The number of benzene rings is 2. The van der Waals surface area contributed by atoms with Crippen LogP contribution in [-0.4, -0.2) is 48.9 Å². The number of methoxy groups -OCH3 is 2. The van der Waals surface area contributed by atoms with Crippen molar-refractivity contribution in [3.8, 4) is 23.0 Å². The van der Waals surface area contributed by atoms with E-state index in [0.717, 1.165) is 11.1 Å². The number of aromatic nitrogens is 2. The van der Waals surface area contributed by atoms with Crippen molar-refractivity contribution in [1.29, 1.82) is 0 Å². The summed E-state index contributed by atoms with van der Waals surface area (Å²) in [6.07, 6.45) is 0.477. The number of carbonyl (C=O) groups is 1. The fourth-order valence-electron chi connectivity index (χ4n) is 2.67. The Balaban J connectivity index is 1.56. The smallest absolute Gasteiger partial charge is 0.321 e. The number of hydrogen-bond donors (Lipinski definition) is 1. The van der Waals surface area contributed by atoms with Gasteiger partial charge in [-0.25, -0.2) is 4.79 Å². The number of amides is 2. The molecule has 1 heterocycles. The largest absolute Gasteiger partial charge is 0.493 e. The van der Waals surface area contributed by atoms with Gasteiger partial charge in [-0.15, -0.1) is 0 Å². The number of rotatable bonds is 7. The van der Waals surface area contributed by atoms with Crippen LogP contribution in [0.4, 0.5) is 10.5 Å². The van der Waals surface area contributed by atoms with Crippen LogP contribution in [0, 0.1) is 6.92 Å². The molecule has 1 aromatic heterocycles. The normalized spacial score (nSPS) is 10.5. The Labute approximate surface area is 169 Å². The molecule has 0 radical (unpaired) electrons. The van der Waals surface area contributed by atoms with Gasteiger partial charge in [0.1, 0.15) is 0 Å². The molecular weight excluding hydrogens is 372 g/mol. The summed E-state index contributed by atoms with van der Waals surface area (Å²) in [5.74, 6) is 2.16. The van der Waals surface area contributed by atoms with Gasteiger partial charge >= 0.3 is 6.03 Å². The van der Waals surface area contributed by atoms with Crippen molar-refractivity contribution in [2.45, 2.75) is 13.3 Å². The Bertz CT molecular complexity index is 969. The van der Waals surface area contributed by atoms with Crippen molar-refractivity contribution >= 4 is 11.7 Å². The van der Waals surface area contributed by atoms with Crippen molar-refractivity contribution in [3.05, 3.63) is 53.9 Å². The third kappa shape index (κ3) is 5.04. The predicted octanol–water partition coefficient (Wildman–Crippen LogP) is 3.77. The second kappa shape index (κ2) is 9.09. The summed E-state index contributed by atoms with van der Waals surface area (Å²) in [5, 5.41) is 6.82. The molecule has 0 atom stereocenters. The monoisotopic (exact) mass is 396 g/mol. The average molecular weight is 396 g/mol. The number of urea groups is 1. The van der Waals surface area contributed by atoms with Crippen LogP contribution in [0.15, 0.2) is 47.0 Å². The van der Waals surface area contributed by atoms with Crippen LogP contribution in [0.5, 0.6) is 11.5 Å². The van der Waals surface area contributed by atoms with Crippen molar-refractivity contribution in [1.82, 2.24) is 15.0 Å². The van der Waals surface area contributed by atoms with E-state index in [1.807, 2.05) is 31.2 Å². The first-order valence-electron chi connectivity index (χ1n) is 9.14. The van der Waals surface area contributed by atoms with Gasteiger partial charge in [0.2, 0.25) is 0 Å². The van der Waals surface area contributed by atoms with Crippen LogP contribution in [0.3, 0.4) is 0 Å². The molecule has 0 bridgehead atoms. The van der Waals surface area contributed by atoms with Gasteiger partial charge in [0.15, 0.2) is 17.3 Å². The number of hydrogen-bond acceptors (Lipinski definition) is 6. The molecule has 0 fully saturated rings. The Morgan fingerprint density at radius 1 is 1.10 bits per heavy atom. The van der Waals surface area contributed by atoms with Gasteiger partial charge in [0.25, 0.3) is 5.89 Å². The first kappa shape index (κ1) is 20.2. The summed E-state index contributed by atoms with van der Waals surface area (Å²) < 4.78 is 15.8. The van der Waals surface area contributed by atoms with Gasteiger partial charge in [-0.05, 0) is 31.2 Å². The van der Waals surface area contributed by atoms with E-state index in [2.05, 4.69) is 15.5 Å². The average Bonchev–Trinajstić information content (AvgIpc) is 3.21. The molecule has 152 valence electrons. The first-order chi connectivity index (χ1) is 14.0. The second-order valence-corrected chi connectivity index (χ2v) is 6.55. The van der Waals surface area contributed by atoms with Crippen molar-refractivity contribution < 1.29 is 18.8 Å². The quantitative estimate of drug-likeness (QED) is 0.654. The van der Waals surface area contributed by atoms with Gasteiger partial charge in [-0.2, -0.15) is 4.98 Å². The zero-order chi connectivity index (χ0) is 20.8. The van der Waals surface area contributed by atoms with E-state index >= 15 is 0 Å². The molecule has 0 spiro atoms. The van der Waals surface area contributed by atoms with Crippen LogP contribution < -0.4 is 14.8 Å². The summed E-state index contributed by atoms with van der Waals surface area (Å²) >= 11 is 0. The van der Waals surface area contributed by atoms with E-state index in [0.29, 0.717) is 41.9 Å². The lowest BCUT2D eigenvalue weighted by atomic mass is 10.1. The van der Waals surface area contributed by atoms with Crippen LogP contribution in [0.1, 0.15) is 11.4 Å². The third-order valence-corrected chi connectivity index (χ3v) is 4.42. The number of nitrogens with one attached hydrogen (secondary N) is 1. The summed E-state index contributed by atoms with van der Waals surface area (Å²) in [4.78, 5) is 18.4. The molecular formula is C21H24N4O4. The predicted molar refractivity (Wildman–Crippen MR) is 109 cm³/mol. The van der Waals surface area contributed by atoms with Gasteiger partial charge in [0, 0.05) is 37.3 Å². The molecule has 0 saturated carbocycles. The van der Waals surface area contributed by atoms with E-state index in [9.17, 15) is 4.79 Å². The maximum Gasteiger partial charge on any atom is 0.321 e. The maximum absolute atomic E-state index is 12.4. The minimum atomic E-state index is -0.250. The van der Waals surface area contributed by atoms with E-state index in [-0.39, 0.29) is 6.03 Å². The number of aryl methyl sites for hydroxylation is 1. The summed E-state index contributed by atoms with van der Waals surface area (Å²) in [6.45, 7) is 2.46. The fourth-order valence-corrected chi connectivity index (χ4v) is 2.67. The van der Waals surface area contributed by atoms with Crippen LogP contribution in [0.2, 0.25) is 0 Å². The highest BCUT2D eigenvalue weighted by Gasteiger charge is 2.14. The van der Waals surface area contributed by atoms with Gasteiger partial charge < -0.3 is 24.2 Å². The molecule has 3 aromatic rings. The van der Waals surface area contributed by atoms with E-state index in [1.54, 1.807) is 44.4 Å². The molecule has 0 aliphatic carbocycles. The highest BCUT2D eigenvalue weighted by atomic mass is 16.5. The summed E-state index contributed by atoms with van der Waals surface area (Å²) in [7, 11) is 4.81. The summed E-state index contributed by atoms with van der Waals surface area (Å²) in [6, 6.07) is 12.8. The lowest BCUT2D eigenvalue weighted by Gasteiger charge is -2.17. The van der Waals surface area contributed by atoms with Gasteiger partial charge in [0.05, 0.1) is 14.2 Å². The van der Waals surface area contributed by atoms with E-state index < -0.39 is 0 Å². The summed E-state index contributed by atoms with van der Waals surface area (Å²) in [5.41, 5.74) is 2.64. The Kier molecular flexibility index (Phi) is 6.33. The number of ether oxygens (including phenoxy) is 2. The SMILES string of the molecule is COc1ccc(NC(=O)N(C)CCc2noc(-c3ccc(C)cc3)n2)cc1OC. The van der Waals surface area contributed by atoms with E-state index in [4.69, 9.17) is 14.0 Å². The maximum atomic E-state index is 12.4. The standard InChI is InChI=1S/C21H24N4O4/c1-14-5-7-15(8-6-14)20-23-19(24-29-20)11-12-25(2)21(26)22-16-9-10-17(27-3)18(13-16)28-4/h5-10,13H,11-12H2,1-4H3,(H,22,26). The molecule has 8 heteroatoms. The number of nitrogens with zero attached hydrogens (tertiary/aromatic N) is 3. The number of carbonyl (C=O) groups excluding carboxylic acids is 1. The topological polar surface area (TPSA) is 89.7 Å². The zero-order valence-electron chi connectivity index (χ0n) is 16.9.